The molecule has 1 aromatic rings. The van der Waals surface area contributed by atoms with Crippen molar-refractivity contribution in [3.63, 3.8) is 0 Å². The molecule has 3 heteroatoms. The molecule has 0 radical (unpaired) electrons. The summed E-state index contributed by atoms with van der Waals surface area (Å²) in [6.45, 7) is 0.659. The van der Waals surface area contributed by atoms with E-state index in [2.05, 4.69) is 0 Å². The maximum absolute atomic E-state index is 9.51. The van der Waals surface area contributed by atoms with Crippen LogP contribution in [0.3, 0.4) is 0 Å². The number of aliphatic hydroxyl groups is 1. The van der Waals surface area contributed by atoms with Crippen LogP contribution in [0.5, 0.6) is 0 Å². The first kappa shape index (κ1) is 10.9. The van der Waals surface area contributed by atoms with Crippen molar-refractivity contribution >= 4 is 11.6 Å². The van der Waals surface area contributed by atoms with Gasteiger partial charge in [-0.25, -0.2) is 0 Å². The average Bonchev–Trinajstić information content (AvgIpc) is 2.17. The van der Waals surface area contributed by atoms with Gasteiger partial charge < -0.3 is 9.84 Å². The van der Waals surface area contributed by atoms with Gasteiger partial charge in [0.25, 0.3) is 0 Å². The fourth-order valence-electron chi connectivity index (χ4n) is 1.93. The fourth-order valence-corrected chi connectivity index (χ4v) is 2.14. The zero-order chi connectivity index (χ0) is 10.7. The molecule has 2 rings (SSSR count). The summed E-state index contributed by atoms with van der Waals surface area (Å²) in [5.74, 6) is 0. The van der Waals surface area contributed by atoms with Crippen LogP contribution < -0.4 is 0 Å². The first-order valence-corrected chi connectivity index (χ1v) is 5.66. The maximum Gasteiger partial charge on any atom is 0.0640 e. The highest BCUT2D eigenvalue weighted by Gasteiger charge is 2.20. The minimum Gasteiger partial charge on any atom is -0.393 e. The van der Waals surface area contributed by atoms with E-state index in [-0.39, 0.29) is 12.2 Å². The summed E-state index contributed by atoms with van der Waals surface area (Å²) in [7, 11) is 0. The second kappa shape index (κ2) is 4.97. The highest BCUT2D eigenvalue weighted by Crippen LogP contribution is 2.19. The lowest BCUT2D eigenvalue weighted by Gasteiger charge is -2.26. The van der Waals surface area contributed by atoms with Crippen molar-refractivity contribution < 1.29 is 9.84 Å². The third-order valence-corrected chi connectivity index (χ3v) is 2.93. The third-order valence-electron chi connectivity index (χ3n) is 2.69. The van der Waals surface area contributed by atoms with E-state index >= 15 is 0 Å². The molecule has 82 valence electrons. The van der Waals surface area contributed by atoms with Gasteiger partial charge in [-0.05, 0) is 37.0 Å². The van der Waals surface area contributed by atoms with Crippen LogP contribution in [-0.4, -0.2) is 23.9 Å². The molecule has 1 aromatic carbocycles. The van der Waals surface area contributed by atoms with Gasteiger partial charge in [-0.2, -0.15) is 0 Å². The molecule has 1 heterocycles. The lowest BCUT2D eigenvalue weighted by Crippen LogP contribution is -2.30. The molecule has 0 aliphatic carbocycles. The molecular formula is C12H15ClO2. The molecular weight excluding hydrogens is 212 g/mol. The van der Waals surface area contributed by atoms with Crippen LogP contribution in [0.2, 0.25) is 5.02 Å². The monoisotopic (exact) mass is 226 g/mol. The first-order chi connectivity index (χ1) is 7.24. The lowest BCUT2D eigenvalue weighted by molar-refractivity contribution is -0.0423. The lowest BCUT2D eigenvalue weighted by atomic mass is 9.99. The highest BCUT2D eigenvalue weighted by atomic mass is 35.5. The Balaban J connectivity index is 1.96. The van der Waals surface area contributed by atoms with Gasteiger partial charge in [0.1, 0.15) is 0 Å². The number of rotatable bonds is 2. The molecule has 1 N–H and O–H groups in total. The highest BCUT2D eigenvalue weighted by molar-refractivity contribution is 6.30. The van der Waals surface area contributed by atoms with Crippen LogP contribution in [0.1, 0.15) is 18.4 Å². The molecule has 2 nitrogen and oxygen atoms in total. The molecule has 0 spiro atoms. The van der Waals surface area contributed by atoms with Crippen molar-refractivity contribution in [2.75, 3.05) is 6.61 Å². The Kier molecular flexibility index (Phi) is 3.62. The van der Waals surface area contributed by atoms with Crippen molar-refractivity contribution in [2.24, 2.45) is 0 Å². The van der Waals surface area contributed by atoms with E-state index in [1.54, 1.807) is 0 Å². The van der Waals surface area contributed by atoms with E-state index in [4.69, 9.17) is 16.3 Å². The molecule has 0 saturated carbocycles. The molecule has 0 bridgehead atoms. The Morgan fingerprint density at radius 2 is 2.33 bits per heavy atom. The van der Waals surface area contributed by atoms with Gasteiger partial charge >= 0.3 is 0 Å². The fraction of sp³-hybridized carbons (Fsp3) is 0.500. The van der Waals surface area contributed by atoms with Crippen LogP contribution >= 0.6 is 11.6 Å². The van der Waals surface area contributed by atoms with Crippen molar-refractivity contribution in [1.29, 1.82) is 0 Å². The van der Waals surface area contributed by atoms with E-state index in [1.165, 1.54) is 5.56 Å². The summed E-state index contributed by atoms with van der Waals surface area (Å²) < 4.78 is 5.59. The molecule has 0 amide bonds. The van der Waals surface area contributed by atoms with Crippen LogP contribution in [0.4, 0.5) is 0 Å². The van der Waals surface area contributed by atoms with Crippen LogP contribution in [0.15, 0.2) is 24.3 Å². The molecule has 0 aromatic heterocycles. The van der Waals surface area contributed by atoms with Gasteiger partial charge in [-0.3, -0.25) is 0 Å². The minimum absolute atomic E-state index is 0.132. The zero-order valence-corrected chi connectivity index (χ0v) is 9.28. The standard InChI is InChI=1S/C12H15ClO2/c13-10-3-1-2-9(6-10)7-12-8-11(14)4-5-15-12/h1-3,6,11-12,14H,4-5,7-8H2. The predicted molar refractivity (Wildman–Crippen MR) is 60.1 cm³/mol. The number of hydrogen-bond donors (Lipinski definition) is 1. The summed E-state index contributed by atoms with van der Waals surface area (Å²) in [6, 6.07) is 7.79. The molecule has 2 atom stereocenters. The van der Waals surface area contributed by atoms with Gasteiger partial charge in [0.15, 0.2) is 0 Å². The molecule has 1 aliphatic heterocycles. The Bertz CT molecular complexity index is 327. The quantitative estimate of drug-likeness (QED) is 0.840. The Morgan fingerprint density at radius 3 is 3.07 bits per heavy atom. The van der Waals surface area contributed by atoms with Crippen molar-refractivity contribution in [3.8, 4) is 0 Å². The largest absolute Gasteiger partial charge is 0.393 e. The molecule has 15 heavy (non-hydrogen) atoms. The number of halogens is 1. The first-order valence-electron chi connectivity index (χ1n) is 5.28. The number of hydrogen-bond acceptors (Lipinski definition) is 2. The van der Waals surface area contributed by atoms with E-state index in [0.717, 1.165) is 24.3 Å². The summed E-state index contributed by atoms with van der Waals surface area (Å²) in [6.07, 6.45) is 2.24. The SMILES string of the molecule is OC1CCOC(Cc2cccc(Cl)c2)C1. The Labute approximate surface area is 94.8 Å². The predicted octanol–water partition coefficient (Wildman–Crippen LogP) is 2.42. The van der Waals surface area contributed by atoms with E-state index < -0.39 is 0 Å². The minimum atomic E-state index is -0.206. The van der Waals surface area contributed by atoms with Gasteiger partial charge in [-0.15, -0.1) is 0 Å². The van der Waals surface area contributed by atoms with Crippen LogP contribution in [-0.2, 0) is 11.2 Å². The second-order valence-electron chi connectivity index (χ2n) is 4.01. The van der Waals surface area contributed by atoms with Crippen LogP contribution in [0, 0.1) is 0 Å². The van der Waals surface area contributed by atoms with Gasteiger partial charge in [-0.1, -0.05) is 23.7 Å². The molecule has 1 fully saturated rings. The van der Waals surface area contributed by atoms with E-state index in [0.29, 0.717) is 6.61 Å². The summed E-state index contributed by atoms with van der Waals surface area (Å²) in [5, 5.41) is 10.3. The molecule has 1 aliphatic rings. The van der Waals surface area contributed by atoms with Crippen molar-refractivity contribution in [3.05, 3.63) is 34.9 Å². The van der Waals surface area contributed by atoms with Crippen molar-refractivity contribution in [1.82, 2.24) is 0 Å². The molecule has 2 unspecified atom stereocenters. The normalized spacial score (nSPS) is 26.5. The third kappa shape index (κ3) is 3.20. The Hall–Kier alpha value is -0.570. The van der Waals surface area contributed by atoms with Crippen molar-refractivity contribution in [2.45, 2.75) is 31.5 Å². The van der Waals surface area contributed by atoms with Gasteiger partial charge in [0, 0.05) is 11.6 Å². The van der Waals surface area contributed by atoms with Crippen LogP contribution in [0.25, 0.3) is 0 Å². The number of benzene rings is 1. The van der Waals surface area contributed by atoms with Gasteiger partial charge in [0.05, 0.1) is 12.2 Å². The Morgan fingerprint density at radius 1 is 1.47 bits per heavy atom. The smallest absolute Gasteiger partial charge is 0.0640 e. The maximum atomic E-state index is 9.51. The van der Waals surface area contributed by atoms with Gasteiger partial charge in [0.2, 0.25) is 0 Å². The zero-order valence-electron chi connectivity index (χ0n) is 8.53. The molecule has 1 saturated heterocycles. The van der Waals surface area contributed by atoms with E-state index in [1.807, 2.05) is 24.3 Å². The number of aliphatic hydroxyl groups excluding tert-OH is 1. The van der Waals surface area contributed by atoms with E-state index in [9.17, 15) is 5.11 Å². The number of ether oxygens (including phenoxy) is 1. The average molecular weight is 227 g/mol. The topological polar surface area (TPSA) is 29.5 Å². The second-order valence-corrected chi connectivity index (χ2v) is 4.44. The summed E-state index contributed by atoms with van der Waals surface area (Å²) >= 11 is 5.90. The summed E-state index contributed by atoms with van der Waals surface area (Å²) in [4.78, 5) is 0. The summed E-state index contributed by atoms with van der Waals surface area (Å²) in [5.41, 5.74) is 1.17.